The number of hydrogen-bond donors (Lipinski definition) is 0. The molecule has 0 atom stereocenters. The van der Waals surface area contributed by atoms with E-state index in [1.54, 1.807) is 11.8 Å². The predicted octanol–water partition coefficient (Wildman–Crippen LogP) is 7.22. The number of thioether (sulfide) groups is 1. The largest absolute Gasteiger partial charge is 0.280 e. The van der Waals surface area contributed by atoms with Crippen LogP contribution in [0.4, 0.5) is 5.69 Å². The van der Waals surface area contributed by atoms with Gasteiger partial charge in [0.2, 0.25) is 0 Å². The van der Waals surface area contributed by atoms with E-state index in [1.807, 2.05) is 60.7 Å². The first-order chi connectivity index (χ1) is 15.3. The number of halogens is 1. The molecule has 0 N–H and O–H groups in total. The monoisotopic (exact) mass is 460 g/mol. The molecule has 3 nitrogen and oxygen atoms in total. The fourth-order valence-electron chi connectivity index (χ4n) is 3.38. The van der Waals surface area contributed by atoms with Crippen LogP contribution in [0.15, 0.2) is 94.4 Å². The molecule has 0 unspecified atom stereocenters. The maximum atomic E-state index is 13.3. The van der Waals surface area contributed by atoms with Gasteiger partial charge in [0, 0.05) is 15.7 Å². The fourth-order valence-corrected chi connectivity index (χ4v) is 4.35. The third kappa shape index (κ3) is 5.14. The molecule has 0 spiro atoms. The van der Waals surface area contributed by atoms with Crippen molar-refractivity contribution in [3.63, 3.8) is 0 Å². The third-order valence-corrected chi connectivity index (χ3v) is 6.51. The second-order valence-corrected chi connectivity index (χ2v) is 10.2. The van der Waals surface area contributed by atoms with Crippen LogP contribution in [-0.2, 0) is 10.2 Å². The number of carbonyl (C=O) groups is 1. The second kappa shape index (κ2) is 9.35. The highest BCUT2D eigenvalue weighted by Gasteiger charge is 2.31. The summed E-state index contributed by atoms with van der Waals surface area (Å²) in [7, 11) is 0. The summed E-state index contributed by atoms with van der Waals surface area (Å²) in [4.78, 5) is 14.4. The molecule has 162 valence electrons. The normalized spacial score (nSPS) is 15.4. The minimum atomic E-state index is -0.109. The second-order valence-electron chi connectivity index (χ2n) is 8.67. The minimum absolute atomic E-state index is 0.0841. The van der Waals surface area contributed by atoms with Crippen molar-refractivity contribution >= 4 is 46.7 Å². The maximum Gasteiger partial charge on any atom is 0.280 e. The Morgan fingerprint density at radius 1 is 0.938 bits per heavy atom. The van der Waals surface area contributed by atoms with Crippen molar-refractivity contribution in [2.24, 2.45) is 5.10 Å². The van der Waals surface area contributed by atoms with E-state index in [4.69, 9.17) is 16.7 Å². The molecule has 0 saturated carbocycles. The molecule has 0 aromatic heterocycles. The first-order valence-electron chi connectivity index (χ1n) is 10.5. The predicted molar refractivity (Wildman–Crippen MR) is 137 cm³/mol. The summed E-state index contributed by atoms with van der Waals surface area (Å²) in [5.74, 6) is 0.477. The van der Waals surface area contributed by atoms with Gasteiger partial charge < -0.3 is 0 Å². The molecule has 1 amide bonds. The lowest BCUT2D eigenvalue weighted by atomic mass is 9.86. The van der Waals surface area contributed by atoms with Gasteiger partial charge in [-0.2, -0.15) is 10.1 Å². The highest BCUT2D eigenvalue weighted by molar-refractivity contribution is 8.00. The number of hydrogen-bond acceptors (Lipinski definition) is 3. The maximum absolute atomic E-state index is 13.3. The SMILES string of the molecule is CC(C)(C)c1ccc(C=C2C(=O)N(c3ccccc3)N=C2CSc2ccc(Cl)cc2)cc1. The number of nitrogens with zero attached hydrogens (tertiary/aromatic N) is 2. The van der Waals surface area contributed by atoms with Gasteiger partial charge in [0.1, 0.15) is 0 Å². The Morgan fingerprint density at radius 3 is 2.22 bits per heavy atom. The molecule has 3 aromatic rings. The summed E-state index contributed by atoms with van der Waals surface area (Å²) in [6, 6.07) is 25.6. The Bertz CT molecular complexity index is 1160. The molecule has 0 radical (unpaired) electrons. The van der Waals surface area contributed by atoms with Crippen molar-refractivity contribution < 1.29 is 4.79 Å². The Hall–Kier alpha value is -2.82. The average molecular weight is 461 g/mol. The lowest BCUT2D eigenvalue weighted by Crippen LogP contribution is -2.21. The van der Waals surface area contributed by atoms with Crippen LogP contribution in [0.3, 0.4) is 0 Å². The molecule has 5 heteroatoms. The molecule has 0 aliphatic carbocycles. The van der Waals surface area contributed by atoms with Gasteiger partial charge in [0.25, 0.3) is 5.91 Å². The molecule has 0 fully saturated rings. The molecule has 1 aliphatic rings. The summed E-state index contributed by atoms with van der Waals surface area (Å²) >= 11 is 7.64. The van der Waals surface area contributed by atoms with Crippen LogP contribution in [0.2, 0.25) is 5.02 Å². The molecular formula is C27H25ClN2OS. The van der Waals surface area contributed by atoms with Gasteiger partial charge in [-0.25, -0.2) is 0 Å². The van der Waals surface area contributed by atoms with Crippen molar-refractivity contribution in [1.82, 2.24) is 0 Å². The zero-order chi connectivity index (χ0) is 22.7. The molecule has 3 aromatic carbocycles. The summed E-state index contributed by atoms with van der Waals surface area (Å²) in [5, 5.41) is 6.89. The van der Waals surface area contributed by atoms with Gasteiger partial charge >= 0.3 is 0 Å². The van der Waals surface area contributed by atoms with Crippen LogP contribution < -0.4 is 5.01 Å². The number of amides is 1. The molecule has 0 saturated heterocycles. The quantitative estimate of drug-likeness (QED) is 0.297. The Balaban J connectivity index is 1.64. The zero-order valence-electron chi connectivity index (χ0n) is 18.4. The summed E-state index contributed by atoms with van der Waals surface area (Å²) in [6.45, 7) is 6.58. The van der Waals surface area contributed by atoms with E-state index >= 15 is 0 Å². The summed E-state index contributed by atoms with van der Waals surface area (Å²) < 4.78 is 0. The van der Waals surface area contributed by atoms with Gasteiger partial charge in [-0.15, -0.1) is 11.8 Å². The number of carbonyl (C=O) groups excluding carboxylic acids is 1. The van der Waals surface area contributed by atoms with Gasteiger partial charge in [-0.3, -0.25) is 4.79 Å². The first-order valence-corrected chi connectivity index (χ1v) is 11.9. The van der Waals surface area contributed by atoms with Crippen molar-refractivity contribution in [3.8, 4) is 0 Å². The summed E-state index contributed by atoms with van der Waals surface area (Å²) in [6.07, 6.45) is 1.94. The fraction of sp³-hybridized carbons (Fsp3) is 0.185. The summed E-state index contributed by atoms with van der Waals surface area (Å²) in [5.41, 5.74) is 4.48. The lowest BCUT2D eigenvalue weighted by molar-refractivity contribution is -0.114. The van der Waals surface area contributed by atoms with E-state index in [0.29, 0.717) is 16.3 Å². The topological polar surface area (TPSA) is 32.7 Å². The smallest absolute Gasteiger partial charge is 0.267 e. The van der Waals surface area contributed by atoms with E-state index in [9.17, 15) is 4.79 Å². The first kappa shape index (κ1) is 22.4. The number of anilines is 1. The van der Waals surface area contributed by atoms with E-state index in [0.717, 1.165) is 21.9 Å². The Labute approximate surface area is 198 Å². The van der Waals surface area contributed by atoms with Crippen molar-refractivity contribution in [3.05, 3.63) is 101 Å². The molecule has 32 heavy (non-hydrogen) atoms. The van der Waals surface area contributed by atoms with Gasteiger partial charge in [0.05, 0.1) is 17.0 Å². The van der Waals surface area contributed by atoms with Crippen LogP contribution in [0.25, 0.3) is 6.08 Å². The molecule has 1 heterocycles. The lowest BCUT2D eigenvalue weighted by Gasteiger charge is -2.18. The Kier molecular flexibility index (Phi) is 6.54. The van der Waals surface area contributed by atoms with Crippen LogP contribution in [0.1, 0.15) is 31.9 Å². The van der Waals surface area contributed by atoms with E-state index in [2.05, 4.69) is 45.0 Å². The van der Waals surface area contributed by atoms with Gasteiger partial charge in [0.15, 0.2) is 0 Å². The van der Waals surface area contributed by atoms with Crippen LogP contribution in [0, 0.1) is 0 Å². The zero-order valence-corrected chi connectivity index (χ0v) is 20.0. The highest BCUT2D eigenvalue weighted by atomic mass is 35.5. The van der Waals surface area contributed by atoms with Crippen LogP contribution in [-0.4, -0.2) is 17.4 Å². The molecule has 0 bridgehead atoms. The average Bonchev–Trinajstić information content (AvgIpc) is 3.09. The Morgan fingerprint density at radius 2 is 1.59 bits per heavy atom. The van der Waals surface area contributed by atoms with Crippen molar-refractivity contribution in [2.75, 3.05) is 10.8 Å². The third-order valence-electron chi connectivity index (χ3n) is 5.23. The minimum Gasteiger partial charge on any atom is -0.267 e. The molecular weight excluding hydrogens is 436 g/mol. The molecule has 4 rings (SSSR count). The standard InChI is InChI=1S/C27H25ClN2OS/c1-27(2,3)20-11-9-19(10-12-20)17-24-25(18-32-23-15-13-21(28)14-16-23)29-30(26(24)31)22-7-5-4-6-8-22/h4-17H,18H2,1-3H3. The van der Waals surface area contributed by atoms with E-state index in [1.165, 1.54) is 10.6 Å². The number of rotatable bonds is 5. The van der Waals surface area contributed by atoms with Crippen LogP contribution in [0.5, 0.6) is 0 Å². The number of hydrazone groups is 1. The van der Waals surface area contributed by atoms with Gasteiger partial charge in [-0.05, 0) is 59.0 Å². The molecule has 1 aliphatic heterocycles. The van der Waals surface area contributed by atoms with Crippen molar-refractivity contribution in [1.29, 1.82) is 0 Å². The van der Waals surface area contributed by atoms with E-state index in [-0.39, 0.29) is 11.3 Å². The van der Waals surface area contributed by atoms with Crippen molar-refractivity contribution in [2.45, 2.75) is 31.1 Å². The van der Waals surface area contributed by atoms with E-state index < -0.39 is 0 Å². The highest BCUT2D eigenvalue weighted by Crippen LogP contribution is 2.29. The number of para-hydroxylation sites is 1. The van der Waals surface area contributed by atoms with Crippen LogP contribution >= 0.6 is 23.4 Å². The number of benzene rings is 3. The van der Waals surface area contributed by atoms with Gasteiger partial charge in [-0.1, -0.05) is 74.8 Å².